The second-order valence-electron chi connectivity index (χ2n) is 9.47. The van der Waals surface area contributed by atoms with E-state index in [2.05, 4.69) is 37.5 Å². The lowest BCUT2D eigenvalue weighted by atomic mass is 10.1. The average Bonchev–Trinajstić information content (AvgIpc) is 3.18. The Balaban J connectivity index is 1.31. The summed E-state index contributed by atoms with van der Waals surface area (Å²) in [5, 5.41) is 8.24. The summed E-state index contributed by atoms with van der Waals surface area (Å²) in [5.41, 5.74) is 1.47. The number of pyridine rings is 1. The first kappa shape index (κ1) is 24.9. The Labute approximate surface area is 225 Å². The molecule has 0 unspecified atom stereocenters. The summed E-state index contributed by atoms with van der Waals surface area (Å²) in [6.45, 7) is 2.64. The van der Waals surface area contributed by atoms with Crippen LogP contribution in [0.3, 0.4) is 0 Å². The Bertz CT molecular complexity index is 1550. The number of hydrogen-bond acceptors (Lipinski definition) is 9. The highest BCUT2D eigenvalue weighted by Crippen LogP contribution is 2.41. The summed E-state index contributed by atoms with van der Waals surface area (Å²) in [5.74, 6) is -2.65. The molecule has 0 bridgehead atoms. The number of anilines is 2. The van der Waals surface area contributed by atoms with Crippen LogP contribution in [0.4, 0.5) is 20.4 Å². The third-order valence-corrected chi connectivity index (χ3v) is 7.97. The fraction of sp³-hybridized carbons (Fsp3) is 0.400. The number of nitrogens with zero attached hydrogens (tertiary/aromatic N) is 5. The number of nitrogens with one attached hydrogen (secondary N) is 2. The normalized spacial score (nSPS) is 19.1. The van der Waals surface area contributed by atoms with Crippen LogP contribution in [0.2, 0.25) is 5.28 Å². The van der Waals surface area contributed by atoms with Gasteiger partial charge in [-0.25, -0.2) is 13.8 Å². The molecule has 1 aromatic carbocycles. The SMILES string of the molecule is CCC[C@@H]1CNc2c(sc3ccc4nc(Oc5nc(Cl)nc(N6CCCC(F)(F)C6)n5)ccc4c23)C(=O)N1. The van der Waals surface area contributed by atoms with Crippen molar-refractivity contribution in [2.24, 2.45) is 0 Å². The van der Waals surface area contributed by atoms with Gasteiger partial charge in [0.05, 0.1) is 17.7 Å². The molecule has 0 aliphatic carbocycles. The number of piperidine rings is 1. The molecule has 0 saturated carbocycles. The lowest BCUT2D eigenvalue weighted by Gasteiger charge is -2.32. The van der Waals surface area contributed by atoms with Crippen LogP contribution in [0.1, 0.15) is 42.3 Å². The van der Waals surface area contributed by atoms with Gasteiger partial charge in [-0.3, -0.25) is 4.79 Å². The largest absolute Gasteiger partial charge is 0.405 e. The van der Waals surface area contributed by atoms with Gasteiger partial charge in [0.2, 0.25) is 17.1 Å². The number of ether oxygens (including phenoxy) is 1. The van der Waals surface area contributed by atoms with Gasteiger partial charge in [0.25, 0.3) is 11.8 Å². The van der Waals surface area contributed by atoms with E-state index in [-0.39, 0.29) is 41.5 Å². The van der Waals surface area contributed by atoms with Crippen LogP contribution in [0.15, 0.2) is 24.3 Å². The molecule has 3 aromatic heterocycles. The minimum atomic E-state index is -2.82. The Hall–Kier alpha value is -3.38. The van der Waals surface area contributed by atoms with Gasteiger partial charge in [0.1, 0.15) is 4.88 Å². The molecule has 0 radical (unpaired) electrons. The van der Waals surface area contributed by atoms with Gasteiger partial charge in [-0.05, 0) is 42.6 Å². The highest BCUT2D eigenvalue weighted by molar-refractivity contribution is 7.21. The van der Waals surface area contributed by atoms with Crippen molar-refractivity contribution in [3.63, 3.8) is 0 Å². The number of hydrogen-bond donors (Lipinski definition) is 2. The Kier molecular flexibility index (Phi) is 6.39. The smallest absolute Gasteiger partial charge is 0.329 e. The van der Waals surface area contributed by atoms with Gasteiger partial charge in [0, 0.05) is 47.1 Å². The number of aromatic nitrogens is 4. The van der Waals surface area contributed by atoms with Crippen LogP contribution in [0.25, 0.3) is 21.0 Å². The standard InChI is InChI=1S/C25H24ClF2N7O2S/c1-2-4-13-11-29-19-18-14-5-8-17(31-15(14)6-7-16(18)38-20(19)21(36)30-13)37-24-33-22(26)32-23(34-24)35-10-3-9-25(27,28)12-35/h5-8,13,29H,2-4,9-12H2,1H3,(H,30,36)/t13-/m1/s1. The first-order chi connectivity index (χ1) is 18.3. The van der Waals surface area contributed by atoms with Gasteiger partial charge in [-0.1, -0.05) is 13.3 Å². The first-order valence-corrected chi connectivity index (χ1v) is 13.6. The second-order valence-corrected chi connectivity index (χ2v) is 10.9. The van der Waals surface area contributed by atoms with Crippen LogP contribution >= 0.6 is 22.9 Å². The zero-order valence-corrected chi connectivity index (χ0v) is 22.0. The number of alkyl halides is 2. The third kappa shape index (κ3) is 4.78. The number of fused-ring (bicyclic) bond motifs is 5. The van der Waals surface area contributed by atoms with Gasteiger partial charge in [0.15, 0.2) is 0 Å². The van der Waals surface area contributed by atoms with Crippen molar-refractivity contribution in [1.82, 2.24) is 25.3 Å². The Morgan fingerprint density at radius 2 is 2.08 bits per heavy atom. The van der Waals surface area contributed by atoms with Crippen molar-refractivity contribution in [1.29, 1.82) is 0 Å². The van der Waals surface area contributed by atoms with Crippen molar-refractivity contribution in [2.45, 2.75) is 44.6 Å². The molecule has 4 aromatic rings. The number of carbonyl (C=O) groups excluding carboxylic acids is 1. The Morgan fingerprint density at radius 3 is 2.89 bits per heavy atom. The molecule has 1 fully saturated rings. The summed E-state index contributed by atoms with van der Waals surface area (Å²) in [6, 6.07) is 7.28. The number of benzene rings is 1. The summed E-state index contributed by atoms with van der Waals surface area (Å²) in [7, 11) is 0. The topological polar surface area (TPSA) is 105 Å². The predicted molar refractivity (Wildman–Crippen MR) is 143 cm³/mol. The maximum absolute atomic E-state index is 13.9. The van der Waals surface area contributed by atoms with Crippen molar-refractivity contribution in [3.8, 4) is 11.9 Å². The van der Waals surface area contributed by atoms with Crippen LogP contribution < -0.4 is 20.3 Å². The maximum Gasteiger partial charge on any atom is 0.329 e. The fourth-order valence-electron chi connectivity index (χ4n) is 4.96. The second kappa shape index (κ2) is 9.73. The monoisotopic (exact) mass is 559 g/mol. The number of rotatable bonds is 5. The Morgan fingerprint density at radius 1 is 1.21 bits per heavy atom. The number of halogens is 3. The highest BCUT2D eigenvalue weighted by atomic mass is 35.5. The molecule has 9 nitrogen and oxygen atoms in total. The molecular formula is C25H24ClF2N7O2S. The summed E-state index contributed by atoms with van der Waals surface area (Å²) in [4.78, 5) is 31.8. The van der Waals surface area contributed by atoms with E-state index < -0.39 is 12.5 Å². The first-order valence-electron chi connectivity index (χ1n) is 12.4. The molecular weight excluding hydrogens is 536 g/mol. The molecule has 13 heteroatoms. The molecule has 198 valence electrons. The van der Waals surface area contributed by atoms with Crippen molar-refractivity contribution in [3.05, 3.63) is 34.4 Å². The van der Waals surface area contributed by atoms with Gasteiger partial charge >= 0.3 is 6.01 Å². The minimum Gasteiger partial charge on any atom is -0.405 e. The van der Waals surface area contributed by atoms with Gasteiger partial charge < -0.3 is 20.3 Å². The lowest BCUT2D eigenvalue weighted by Crippen LogP contribution is -2.43. The zero-order valence-electron chi connectivity index (χ0n) is 20.4. The molecule has 5 heterocycles. The van der Waals surface area contributed by atoms with E-state index in [1.807, 2.05) is 18.2 Å². The van der Waals surface area contributed by atoms with Crippen LogP contribution in [0.5, 0.6) is 11.9 Å². The summed E-state index contributed by atoms with van der Waals surface area (Å²) >= 11 is 7.51. The number of carbonyl (C=O) groups is 1. The third-order valence-electron chi connectivity index (χ3n) is 6.65. The van der Waals surface area contributed by atoms with E-state index in [1.165, 1.54) is 16.2 Å². The quantitative estimate of drug-likeness (QED) is 0.324. The van der Waals surface area contributed by atoms with Crippen LogP contribution in [-0.4, -0.2) is 57.4 Å². The van der Waals surface area contributed by atoms with E-state index in [1.54, 1.807) is 6.07 Å². The predicted octanol–water partition coefficient (Wildman–Crippen LogP) is 5.64. The lowest BCUT2D eigenvalue weighted by molar-refractivity contribution is -0.0121. The van der Waals surface area contributed by atoms with Crippen molar-refractivity contribution < 1.29 is 18.3 Å². The number of thiophene rings is 1. The molecule has 1 atom stereocenters. The molecule has 1 saturated heterocycles. The fourth-order valence-corrected chi connectivity index (χ4v) is 6.20. The summed E-state index contributed by atoms with van der Waals surface area (Å²) in [6.07, 6.45) is 2.02. The van der Waals surface area contributed by atoms with E-state index in [4.69, 9.17) is 16.3 Å². The van der Waals surface area contributed by atoms with E-state index in [9.17, 15) is 13.6 Å². The van der Waals surface area contributed by atoms with Gasteiger partial charge in [-0.2, -0.15) is 15.0 Å². The molecule has 2 N–H and O–H groups in total. The molecule has 1 amide bonds. The van der Waals surface area contributed by atoms with E-state index in [0.29, 0.717) is 29.9 Å². The van der Waals surface area contributed by atoms with Gasteiger partial charge in [-0.15, -0.1) is 11.3 Å². The molecule has 2 aliphatic rings. The average molecular weight is 560 g/mol. The van der Waals surface area contributed by atoms with Crippen molar-refractivity contribution >= 4 is 61.5 Å². The molecule has 0 spiro atoms. The van der Waals surface area contributed by atoms with E-state index >= 15 is 0 Å². The van der Waals surface area contributed by atoms with Crippen molar-refractivity contribution in [2.75, 3.05) is 29.9 Å². The molecule has 6 rings (SSSR count). The zero-order chi connectivity index (χ0) is 26.4. The maximum atomic E-state index is 13.9. The van der Waals surface area contributed by atoms with Crippen LogP contribution in [-0.2, 0) is 0 Å². The summed E-state index contributed by atoms with van der Waals surface area (Å²) < 4.78 is 34.6. The molecule has 2 aliphatic heterocycles. The highest BCUT2D eigenvalue weighted by Gasteiger charge is 2.36. The number of amides is 1. The minimum absolute atomic E-state index is 0.0357. The van der Waals surface area contributed by atoms with E-state index in [0.717, 1.165) is 34.0 Å². The molecule has 38 heavy (non-hydrogen) atoms. The van der Waals surface area contributed by atoms with Crippen LogP contribution in [0, 0.1) is 0 Å².